The number of hydrogen-bond acceptors (Lipinski definition) is 4. The standard InChI is InChI=1S/C14H15NO2S/c1-9(10-6-4-3-5-7-10)12-8-11(13(15)18-12)14(16)17-2/h3-9H,15H2,1-2H3. The zero-order valence-corrected chi connectivity index (χ0v) is 11.2. The number of anilines is 1. The molecule has 18 heavy (non-hydrogen) atoms. The third-order valence-electron chi connectivity index (χ3n) is 2.91. The first-order chi connectivity index (χ1) is 8.63. The van der Waals surface area contributed by atoms with Crippen LogP contribution in [-0.2, 0) is 4.74 Å². The van der Waals surface area contributed by atoms with Gasteiger partial charge in [-0.05, 0) is 11.6 Å². The van der Waals surface area contributed by atoms with Gasteiger partial charge in [-0.15, -0.1) is 11.3 Å². The molecular weight excluding hydrogens is 246 g/mol. The van der Waals surface area contributed by atoms with E-state index >= 15 is 0 Å². The molecule has 0 aliphatic rings. The molecule has 2 N–H and O–H groups in total. The summed E-state index contributed by atoms with van der Waals surface area (Å²) in [6.07, 6.45) is 0. The number of rotatable bonds is 3. The molecule has 0 fully saturated rings. The average molecular weight is 261 g/mol. The molecule has 0 amide bonds. The second-order valence-electron chi connectivity index (χ2n) is 4.05. The zero-order valence-electron chi connectivity index (χ0n) is 10.3. The molecule has 0 bridgehead atoms. The van der Waals surface area contributed by atoms with E-state index in [9.17, 15) is 4.79 Å². The summed E-state index contributed by atoms with van der Waals surface area (Å²) in [6.45, 7) is 2.10. The third-order valence-corrected chi connectivity index (χ3v) is 4.06. The molecule has 0 aliphatic heterocycles. The maximum atomic E-state index is 11.5. The van der Waals surface area contributed by atoms with Crippen molar-refractivity contribution in [3.8, 4) is 0 Å². The number of ether oxygens (including phenoxy) is 1. The van der Waals surface area contributed by atoms with E-state index in [4.69, 9.17) is 10.5 Å². The summed E-state index contributed by atoms with van der Waals surface area (Å²) in [7, 11) is 1.36. The summed E-state index contributed by atoms with van der Waals surface area (Å²) in [5.41, 5.74) is 7.51. The summed E-state index contributed by atoms with van der Waals surface area (Å²) in [6, 6.07) is 12.0. The van der Waals surface area contributed by atoms with Crippen LogP contribution in [-0.4, -0.2) is 13.1 Å². The Hall–Kier alpha value is -1.81. The van der Waals surface area contributed by atoms with Gasteiger partial charge in [-0.25, -0.2) is 4.79 Å². The molecule has 3 nitrogen and oxygen atoms in total. The number of methoxy groups -OCH3 is 1. The Morgan fingerprint density at radius 2 is 2.00 bits per heavy atom. The van der Waals surface area contributed by atoms with E-state index in [0.29, 0.717) is 10.6 Å². The van der Waals surface area contributed by atoms with Crippen LogP contribution < -0.4 is 5.73 Å². The van der Waals surface area contributed by atoms with E-state index in [1.165, 1.54) is 24.0 Å². The highest BCUT2D eigenvalue weighted by Crippen LogP contribution is 2.34. The normalized spacial score (nSPS) is 12.1. The summed E-state index contributed by atoms with van der Waals surface area (Å²) < 4.78 is 4.70. The molecule has 0 saturated heterocycles. The van der Waals surface area contributed by atoms with Crippen LogP contribution in [0.2, 0.25) is 0 Å². The lowest BCUT2D eigenvalue weighted by molar-refractivity contribution is 0.0602. The summed E-state index contributed by atoms with van der Waals surface area (Å²) in [5.74, 6) is -0.160. The van der Waals surface area contributed by atoms with Crippen LogP contribution in [0.15, 0.2) is 36.4 Å². The minimum atomic E-state index is -0.379. The number of esters is 1. The van der Waals surface area contributed by atoms with Gasteiger partial charge in [0.2, 0.25) is 0 Å². The first-order valence-corrected chi connectivity index (χ1v) is 6.47. The molecule has 2 aromatic rings. The molecule has 2 rings (SSSR count). The Labute approximate surface area is 110 Å². The molecule has 0 saturated carbocycles. The van der Waals surface area contributed by atoms with Crippen LogP contribution in [0.25, 0.3) is 0 Å². The van der Waals surface area contributed by atoms with Gasteiger partial charge in [-0.1, -0.05) is 37.3 Å². The number of thiophene rings is 1. The Balaban J connectivity index is 2.32. The minimum absolute atomic E-state index is 0.219. The molecule has 1 unspecified atom stereocenters. The Morgan fingerprint density at radius 1 is 1.33 bits per heavy atom. The fraction of sp³-hybridized carbons (Fsp3) is 0.214. The highest BCUT2D eigenvalue weighted by atomic mass is 32.1. The SMILES string of the molecule is COC(=O)c1cc(C(C)c2ccccc2)sc1N. The van der Waals surface area contributed by atoms with Crippen LogP contribution in [0.5, 0.6) is 0 Å². The van der Waals surface area contributed by atoms with Crippen molar-refractivity contribution in [2.75, 3.05) is 12.8 Å². The third kappa shape index (κ3) is 2.38. The topological polar surface area (TPSA) is 52.3 Å². The minimum Gasteiger partial charge on any atom is -0.465 e. The van der Waals surface area contributed by atoms with E-state index < -0.39 is 0 Å². The van der Waals surface area contributed by atoms with Gasteiger partial charge >= 0.3 is 5.97 Å². The van der Waals surface area contributed by atoms with Crippen LogP contribution in [0.3, 0.4) is 0 Å². The van der Waals surface area contributed by atoms with Crippen LogP contribution >= 0.6 is 11.3 Å². The summed E-state index contributed by atoms with van der Waals surface area (Å²) >= 11 is 1.44. The predicted octanol–water partition coefficient (Wildman–Crippen LogP) is 3.27. The van der Waals surface area contributed by atoms with E-state index in [2.05, 4.69) is 19.1 Å². The molecule has 1 aromatic carbocycles. The summed E-state index contributed by atoms with van der Waals surface area (Å²) in [4.78, 5) is 12.6. The number of hydrogen-bond donors (Lipinski definition) is 1. The fourth-order valence-electron chi connectivity index (χ4n) is 1.81. The Bertz CT molecular complexity index is 548. The van der Waals surface area contributed by atoms with E-state index in [-0.39, 0.29) is 11.9 Å². The quantitative estimate of drug-likeness (QED) is 0.863. The molecule has 1 heterocycles. The number of nitrogen functional groups attached to an aromatic ring is 1. The second kappa shape index (κ2) is 5.23. The number of carbonyl (C=O) groups excluding carboxylic acids is 1. The smallest absolute Gasteiger partial charge is 0.340 e. The van der Waals surface area contributed by atoms with Crippen molar-refractivity contribution in [2.24, 2.45) is 0 Å². The van der Waals surface area contributed by atoms with Gasteiger partial charge in [0, 0.05) is 10.8 Å². The molecule has 4 heteroatoms. The molecular formula is C14H15NO2S. The molecule has 1 aromatic heterocycles. The lowest BCUT2D eigenvalue weighted by atomic mass is 9.99. The van der Waals surface area contributed by atoms with Crippen LogP contribution in [0.4, 0.5) is 5.00 Å². The van der Waals surface area contributed by atoms with E-state index in [1.54, 1.807) is 0 Å². The fourth-order valence-corrected chi connectivity index (χ4v) is 2.81. The van der Waals surface area contributed by atoms with Crippen molar-refractivity contribution in [3.05, 3.63) is 52.4 Å². The van der Waals surface area contributed by atoms with Gasteiger partial charge in [-0.2, -0.15) is 0 Å². The monoisotopic (exact) mass is 261 g/mol. The molecule has 1 atom stereocenters. The second-order valence-corrected chi connectivity index (χ2v) is 5.17. The van der Waals surface area contributed by atoms with Gasteiger partial charge in [0.25, 0.3) is 0 Å². The first kappa shape index (κ1) is 12.6. The van der Waals surface area contributed by atoms with E-state index in [0.717, 1.165) is 4.88 Å². The average Bonchev–Trinajstić information content (AvgIpc) is 2.80. The van der Waals surface area contributed by atoms with Gasteiger partial charge in [0.05, 0.1) is 12.7 Å². The van der Waals surface area contributed by atoms with Crippen LogP contribution in [0.1, 0.15) is 33.6 Å². The van der Waals surface area contributed by atoms with Crippen LogP contribution in [0, 0.1) is 0 Å². The highest BCUT2D eigenvalue weighted by molar-refractivity contribution is 7.16. The van der Waals surface area contributed by atoms with Crippen molar-refractivity contribution in [2.45, 2.75) is 12.8 Å². The number of nitrogens with two attached hydrogens (primary N) is 1. The van der Waals surface area contributed by atoms with Crippen molar-refractivity contribution in [1.82, 2.24) is 0 Å². The largest absolute Gasteiger partial charge is 0.465 e. The Morgan fingerprint density at radius 3 is 2.61 bits per heavy atom. The maximum Gasteiger partial charge on any atom is 0.340 e. The predicted molar refractivity (Wildman–Crippen MR) is 74.0 cm³/mol. The van der Waals surface area contributed by atoms with Crippen molar-refractivity contribution < 1.29 is 9.53 Å². The lowest BCUT2D eigenvalue weighted by Crippen LogP contribution is -2.02. The van der Waals surface area contributed by atoms with Gasteiger partial charge in [0.1, 0.15) is 5.00 Å². The lowest BCUT2D eigenvalue weighted by Gasteiger charge is -2.08. The van der Waals surface area contributed by atoms with Gasteiger partial charge in [0.15, 0.2) is 0 Å². The summed E-state index contributed by atoms with van der Waals surface area (Å²) in [5, 5.41) is 0.514. The van der Waals surface area contributed by atoms with E-state index in [1.807, 2.05) is 24.3 Å². The van der Waals surface area contributed by atoms with Crippen molar-refractivity contribution >= 4 is 22.3 Å². The van der Waals surface area contributed by atoms with Crippen molar-refractivity contribution in [1.29, 1.82) is 0 Å². The molecule has 0 aliphatic carbocycles. The van der Waals surface area contributed by atoms with Crippen molar-refractivity contribution in [3.63, 3.8) is 0 Å². The maximum absolute atomic E-state index is 11.5. The van der Waals surface area contributed by atoms with Gasteiger partial charge < -0.3 is 10.5 Å². The van der Waals surface area contributed by atoms with Gasteiger partial charge in [-0.3, -0.25) is 0 Å². The zero-order chi connectivity index (χ0) is 13.1. The number of carbonyl (C=O) groups is 1. The molecule has 0 radical (unpaired) electrons. The number of benzene rings is 1. The Kier molecular flexibility index (Phi) is 3.67. The first-order valence-electron chi connectivity index (χ1n) is 5.66. The highest BCUT2D eigenvalue weighted by Gasteiger charge is 2.18. The molecule has 0 spiro atoms. The molecule has 94 valence electrons.